The van der Waals surface area contributed by atoms with E-state index in [2.05, 4.69) is 10.6 Å². The van der Waals surface area contributed by atoms with E-state index in [1.54, 1.807) is 31.4 Å². The van der Waals surface area contributed by atoms with Crippen LogP contribution in [0.25, 0.3) is 0 Å². The number of methoxy groups -OCH3 is 2. The van der Waals surface area contributed by atoms with Crippen LogP contribution in [0.4, 0.5) is 5.69 Å². The highest BCUT2D eigenvalue weighted by Crippen LogP contribution is 2.16. The van der Waals surface area contributed by atoms with Crippen molar-refractivity contribution in [3.63, 3.8) is 0 Å². The van der Waals surface area contributed by atoms with E-state index in [4.69, 9.17) is 9.47 Å². The van der Waals surface area contributed by atoms with Crippen LogP contribution in [-0.2, 0) is 19.1 Å². The number of carbonyl (C=O) groups is 3. The summed E-state index contributed by atoms with van der Waals surface area (Å²) in [5.41, 5.74) is 0.667. The summed E-state index contributed by atoms with van der Waals surface area (Å²) in [7, 11) is 2.88. The molecular formula is C20H30N2O5. The quantitative estimate of drug-likeness (QED) is 0.611. The van der Waals surface area contributed by atoms with E-state index in [0.29, 0.717) is 17.9 Å². The third-order valence-electron chi connectivity index (χ3n) is 3.97. The highest BCUT2D eigenvalue weighted by atomic mass is 16.5. The summed E-state index contributed by atoms with van der Waals surface area (Å²) in [5, 5.41) is 5.50. The molecule has 1 rings (SSSR count). The molecule has 0 heterocycles. The molecule has 0 unspecified atom stereocenters. The Kier molecular flexibility index (Phi) is 9.33. The van der Waals surface area contributed by atoms with E-state index in [9.17, 15) is 14.4 Å². The second kappa shape index (κ2) is 11.2. The zero-order valence-electron chi connectivity index (χ0n) is 16.7. The van der Waals surface area contributed by atoms with E-state index in [-0.39, 0.29) is 36.5 Å². The molecule has 150 valence electrons. The molecule has 0 aliphatic rings. The summed E-state index contributed by atoms with van der Waals surface area (Å²) in [4.78, 5) is 36.1. The lowest BCUT2D eigenvalue weighted by atomic mass is 10.0. The normalized spacial score (nSPS) is 12.8. The molecule has 2 amide bonds. The Morgan fingerprint density at radius 2 is 1.56 bits per heavy atom. The Bertz CT molecular complexity index is 628. The maximum Gasteiger partial charge on any atom is 0.328 e. The number of benzene rings is 1. The van der Waals surface area contributed by atoms with Gasteiger partial charge in [0.15, 0.2) is 0 Å². The van der Waals surface area contributed by atoms with Gasteiger partial charge in [-0.15, -0.1) is 0 Å². The molecule has 2 atom stereocenters. The minimum absolute atomic E-state index is 0.154. The SMILES string of the molecule is COC(=O)[C@H](CC(C)C)NC(=O)C[C@H](C)CC(=O)Nc1ccc(OC)cc1. The smallest absolute Gasteiger partial charge is 0.328 e. The van der Waals surface area contributed by atoms with Crippen molar-refractivity contribution < 1.29 is 23.9 Å². The van der Waals surface area contributed by atoms with Gasteiger partial charge in [-0.25, -0.2) is 4.79 Å². The molecule has 0 radical (unpaired) electrons. The Morgan fingerprint density at radius 3 is 2.07 bits per heavy atom. The van der Waals surface area contributed by atoms with Crippen molar-refractivity contribution in [1.82, 2.24) is 5.32 Å². The van der Waals surface area contributed by atoms with Crippen molar-refractivity contribution in [3.8, 4) is 5.75 Å². The van der Waals surface area contributed by atoms with E-state index >= 15 is 0 Å². The molecule has 0 spiro atoms. The number of carbonyl (C=O) groups excluding carboxylic acids is 3. The summed E-state index contributed by atoms with van der Waals surface area (Å²) in [5.74, 6) is -0.118. The third-order valence-corrected chi connectivity index (χ3v) is 3.97. The van der Waals surface area contributed by atoms with Crippen molar-refractivity contribution in [2.24, 2.45) is 11.8 Å². The average Bonchev–Trinajstić information content (AvgIpc) is 2.60. The summed E-state index contributed by atoms with van der Waals surface area (Å²) in [6.07, 6.45) is 0.860. The van der Waals surface area contributed by atoms with Gasteiger partial charge in [0.05, 0.1) is 14.2 Å². The molecule has 7 heteroatoms. The number of hydrogen-bond donors (Lipinski definition) is 2. The molecule has 1 aromatic rings. The fourth-order valence-electron chi connectivity index (χ4n) is 2.67. The Hall–Kier alpha value is -2.57. The first-order chi connectivity index (χ1) is 12.7. The number of hydrogen-bond acceptors (Lipinski definition) is 5. The fraction of sp³-hybridized carbons (Fsp3) is 0.550. The van der Waals surface area contributed by atoms with Crippen molar-refractivity contribution in [2.75, 3.05) is 19.5 Å². The Labute approximate surface area is 160 Å². The van der Waals surface area contributed by atoms with Crippen molar-refractivity contribution in [1.29, 1.82) is 0 Å². The molecule has 0 saturated carbocycles. The lowest BCUT2D eigenvalue weighted by Crippen LogP contribution is -2.42. The van der Waals surface area contributed by atoms with Crippen molar-refractivity contribution >= 4 is 23.5 Å². The molecule has 2 N–H and O–H groups in total. The van der Waals surface area contributed by atoms with Gasteiger partial charge in [-0.05, 0) is 42.5 Å². The monoisotopic (exact) mass is 378 g/mol. The second-order valence-corrected chi connectivity index (χ2v) is 7.06. The second-order valence-electron chi connectivity index (χ2n) is 7.06. The van der Waals surface area contributed by atoms with Crippen LogP contribution >= 0.6 is 0 Å². The molecule has 0 aliphatic heterocycles. The molecule has 7 nitrogen and oxygen atoms in total. The number of rotatable bonds is 10. The number of amides is 2. The zero-order chi connectivity index (χ0) is 20.4. The molecule has 27 heavy (non-hydrogen) atoms. The van der Waals surface area contributed by atoms with Gasteiger partial charge in [0.1, 0.15) is 11.8 Å². The lowest BCUT2D eigenvalue weighted by molar-refractivity contribution is -0.145. The lowest BCUT2D eigenvalue weighted by Gasteiger charge is -2.19. The zero-order valence-corrected chi connectivity index (χ0v) is 16.7. The van der Waals surface area contributed by atoms with Crippen molar-refractivity contribution in [3.05, 3.63) is 24.3 Å². The van der Waals surface area contributed by atoms with Crippen LogP contribution in [0.2, 0.25) is 0 Å². The van der Waals surface area contributed by atoms with Gasteiger partial charge in [0, 0.05) is 18.5 Å². The van der Waals surface area contributed by atoms with E-state index < -0.39 is 12.0 Å². The van der Waals surface area contributed by atoms with Gasteiger partial charge >= 0.3 is 5.97 Å². The van der Waals surface area contributed by atoms with Crippen LogP contribution < -0.4 is 15.4 Å². The predicted octanol–water partition coefficient (Wildman–Crippen LogP) is 2.75. The van der Waals surface area contributed by atoms with Crippen LogP contribution in [0.3, 0.4) is 0 Å². The minimum atomic E-state index is -0.664. The molecule has 0 fully saturated rings. The van der Waals surface area contributed by atoms with Gasteiger partial charge in [-0.3, -0.25) is 9.59 Å². The van der Waals surface area contributed by atoms with E-state index in [1.807, 2.05) is 20.8 Å². The van der Waals surface area contributed by atoms with Gasteiger partial charge in [0.2, 0.25) is 11.8 Å². The number of esters is 1. The summed E-state index contributed by atoms with van der Waals surface area (Å²) in [6.45, 7) is 5.76. The molecule has 0 aromatic heterocycles. The van der Waals surface area contributed by atoms with Crippen LogP contribution in [0, 0.1) is 11.8 Å². The third kappa shape index (κ3) is 8.57. The standard InChI is InChI=1S/C20H30N2O5/c1-13(2)10-17(20(25)27-5)22-19(24)12-14(3)11-18(23)21-15-6-8-16(26-4)9-7-15/h6-9,13-14,17H,10-12H2,1-5H3,(H,21,23)(H,22,24)/t14-,17+/m1/s1. The molecule has 1 aromatic carbocycles. The predicted molar refractivity (Wildman–Crippen MR) is 103 cm³/mol. The average molecular weight is 378 g/mol. The van der Waals surface area contributed by atoms with E-state index in [1.165, 1.54) is 7.11 Å². The summed E-state index contributed by atoms with van der Waals surface area (Å²) >= 11 is 0. The first-order valence-corrected chi connectivity index (χ1v) is 9.06. The molecule has 0 aliphatic carbocycles. The molecule has 0 saturated heterocycles. The highest BCUT2D eigenvalue weighted by molar-refractivity contribution is 5.91. The largest absolute Gasteiger partial charge is 0.497 e. The van der Waals surface area contributed by atoms with Gasteiger partial charge in [0.25, 0.3) is 0 Å². The topological polar surface area (TPSA) is 93.7 Å². The van der Waals surface area contributed by atoms with Crippen LogP contribution in [0.15, 0.2) is 24.3 Å². The highest BCUT2D eigenvalue weighted by Gasteiger charge is 2.23. The fourth-order valence-corrected chi connectivity index (χ4v) is 2.67. The number of ether oxygens (including phenoxy) is 2. The van der Waals surface area contributed by atoms with Crippen LogP contribution in [-0.4, -0.2) is 38.0 Å². The first-order valence-electron chi connectivity index (χ1n) is 9.06. The Balaban J connectivity index is 2.48. The van der Waals surface area contributed by atoms with Gasteiger partial charge < -0.3 is 20.1 Å². The maximum absolute atomic E-state index is 12.2. The van der Waals surface area contributed by atoms with Crippen molar-refractivity contribution in [2.45, 2.75) is 46.1 Å². The molecule has 0 bridgehead atoms. The minimum Gasteiger partial charge on any atom is -0.497 e. The number of nitrogens with one attached hydrogen (secondary N) is 2. The van der Waals surface area contributed by atoms with E-state index in [0.717, 1.165) is 0 Å². The Morgan fingerprint density at radius 1 is 0.963 bits per heavy atom. The molecular weight excluding hydrogens is 348 g/mol. The summed E-state index contributed by atoms with van der Waals surface area (Å²) in [6, 6.07) is 6.35. The van der Waals surface area contributed by atoms with Crippen LogP contribution in [0.5, 0.6) is 5.75 Å². The van der Waals surface area contributed by atoms with Gasteiger partial charge in [-0.1, -0.05) is 20.8 Å². The van der Waals surface area contributed by atoms with Gasteiger partial charge in [-0.2, -0.15) is 0 Å². The van der Waals surface area contributed by atoms with Crippen LogP contribution in [0.1, 0.15) is 40.0 Å². The number of anilines is 1. The maximum atomic E-state index is 12.2. The first kappa shape index (κ1) is 22.5. The summed E-state index contributed by atoms with van der Waals surface area (Å²) < 4.78 is 9.81.